The summed E-state index contributed by atoms with van der Waals surface area (Å²) >= 11 is 0. The van der Waals surface area contributed by atoms with Crippen LogP contribution in [-0.2, 0) is 52.1 Å². The molecular weight excluding hydrogens is 928 g/mol. The molecule has 0 aliphatic carbocycles. The van der Waals surface area contributed by atoms with Gasteiger partial charge in [-0.05, 0) is 0 Å². The van der Waals surface area contributed by atoms with Crippen molar-refractivity contribution in [2.75, 3.05) is 39.6 Å². The van der Waals surface area contributed by atoms with Crippen LogP contribution in [0.2, 0.25) is 0 Å². The van der Waals surface area contributed by atoms with Crippen molar-refractivity contribution in [3.05, 3.63) is 0 Å². The summed E-state index contributed by atoms with van der Waals surface area (Å²) in [7, 11) is 0. The van der Waals surface area contributed by atoms with Crippen LogP contribution in [0.5, 0.6) is 0 Å². The van der Waals surface area contributed by atoms with Crippen LogP contribution < -0.4 is 0 Å². The summed E-state index contributed by atoms with van der Waals surface area (Å²) in [6.07, 6.45) is -54.2. The molecule has 31 nitrogen and oxygen atoms in total. The Morgan fingerprint density at radius 2 is 0.418 bits per heavy atom. The Kier molecular flexibility index (Phi) is 19.4. The molecule has 0 unspecified atom stereocenters. The van der Waals surface area contributed by atoms with Gasteiger partial charge in [-0.25, -0.2) is 0 Å². The zero-order valence-electron chi connectivity index (χ0n) is 35.0. The lowest BCUT2D eigenvalue weighted by Gasteiger charge is -2.44. The molecule has 6 fully saturated rings. The van der Waals surface area contributed by atoms with Crippen LogP contribution in [0.15, 0.2) is 0 Å². The largest absolute Gasteiger partial charge is 0.394 e. The molecule has 0 aromatic carbocycles. The second-order valence-corrected chi connectivity index (χ2v) is 17.0. The molecule has 30 atom stereocenters. The van der Waals surface area contributed by atoms with Crippen molar-refractivity contribution >= 4 is 0 Å². The quantitative estimate of drug-likeness (QED) is 0.0683. The first kappa shape index (κ1) is 55.1. The van der Waals surface area contributed by atoms with Gasteiger partial charge in [0, 0.05) is 0 Å². The number of aliphatic hydroxyl groups is 20. The van der Waals surface area contributed by atoms with Crippen molar-refractivity contribution in [3.8, 4) is 0 Å². The van der Waals surface area contributed by atoms with Gasteiger partial charge in [0.1, 0.15) is 146 Å². The molecule has 0 spiro atoms. The molecule has 6 aliphatic heterocycles. The number of rotatable bonds is 16. The lowest BCUT2D eigenvalue weighted by atomic mass is 9.97. The summed E-state index contributed by atoms with van der Waals surface area (Å²) in [5.74, 6) is 0. The molecule has 0 amide bonds. The van der Waals surface area contributed by atoms with Gasteiger partial charge in [0.2, 0.25) is 0 Å². The topological polar surface area (TPSA) is 506 Å². The average Bonchev–Trinajstić information content (AvgIpc) is 3.31. The highest BCUT2D eigenvalue weighted by Gasteiger charge is 2.52. The third-order valence-electron chi connectivity index (χ3n) is 12.3. The van der Waals surface area contributed by atoms with Gasteiger partial charge in [-0.1, -0.05) is 0 Å². The summed E-state index contributed by atoms with van der Waals surface area (Å²) < 4.78 is 59.7. The van der Waals surface area contributed by atoms with E-state index >= 15 is 0 Å². The minimum absolute atomic E-state index is 0.692. The van der Waals surface area contributed by atoms with Crippen LogP contribution >= 0.6 is 0 Å². The van der Waals surface area contributed by atoms with E-state index in [1.165, 1.54) is 0 Å². The molecule has 31 heteroatoms. The molecule has 6 rings (SSSR count). The molecule has 0 saturated carbocycles. The molecule has 6 saturated heterocycles. The molecule has 0 bridgehead atoms. The van der Waals surface area contributed by atoms with Gasteiger partial charge in [-0.2, -0.15) is 0 Å². The molecule has 6 aliphatic rings. The van der Waals surface area contributed by atoms with E-state index in [0.717, 1.165) is 0 Å². The van der Waals surface area contributed by atoms with Gasteiger partial charge >= 0.3 is 0 Å². The first-order chi connectivity index (χ1) is 31.6. The molecule has 6 heterocycles. The Hall–Kier alpha value is -1.24. The predicted molar refractivity (Wildman–Crippen MR) is 199 cm³/mol. The first-order valence-corrected chi connectivity index (χ1v) is 21.1. The number of hydrogen-bond acceptors (Lipinski definition) is 31. The van der Waals surface area contributed by atoms with E-state index in [2.05, 4.69) is 0 Å². The second-order valence-electron chi connectivity index (χ2n) is 17.0. The van der Waals surface area contributed by atoms with Crippen molar-refractivity contribution in [1.29, 1.82) is 0 Å². The molecule has 0 aromatic rings. The van der Waals surface area contributed by atoms with Gasteiger partial charge in [0.25, 0.3) is 0 Å². The van der Waals surface area contributed by atoms with Crippen molar-refractivity contribution in [2.24, 2.45) is 0 Å². The highest BCUT2D eigenvalue weighted by Crippen LogP contribution is 2.31. The van der Waals surface area contributed by atoms with Crippen LogP contribution in [0.1, 0.15) is 0 Å². The number of aliphatic hydroxyl groups excluding tert-OH is 20. The highest BCUT2D eigenvalue weighted by molar-refractivity contribution is 4.96. The maximum absolute atomic E-state index is 10.7. The summed E-state index contributed by atoms with van der Waals surface area (Å²) in [5, 5.41) is 206. The fraction of sp³-hybridized carbons (Fsp3) is 1.00. The third kappa shape index (κ3) is 12.0. The smallest absolute Gasteiger partial charge is 0.186 e. The Bertz CT molecular complexity index is 1510. The fourth-order valence-electron chi connectivity index (χ4n) is 7.99. The van der Waals surface area contributed by atoms with E-state index in [1.54, 1.807) is 0 Å². The van der Waals surface area contributed by atoms with Crippen LogP contribution in [0.25, 0.3) is 0 Å². The summed E-state index contributed by atoms with van der Waals surface area (Å²) in [6.45, 7) is -4.51. The first-order valence-electron chi connectivity index (χ1n) is 21.1. The second kappa shape index (κ2) is 23.5. The summed E-state index contributed by atoms with van der Waals surface area (Å²) in [4.78, 5) is 0. The molecular formula is C36H62O31. The molecule has 67 heavy (non-hydrogen) atoms. The van der Waals surface area contributed by atoms with Gasteiger partial charge < -0.3 is 154 Å². The van der Waals surface area contributed by atoms with E-state index in [-0.39, 0.29) is 0 Å². The van der Waals surface area contributed by atoms with E-state index < -0.39 is 224 Å². The number of ether oxygens (including phenoxy) is 11. The monoisotopic (exact) mass is 990 g/mol. The Morgan fingerprint density at radius 3 is 0.657 bits per heavy atom. The van der Waals surface area contributed by atoms with Crippen molar-refractivity contribution in [1.82, 2.24) is 0 Å². The maximum Gasteiger partial charge on any atom is 0.186 e. The van der Waals surface area contributed by atoms with E-state index in [1.807, 2.05) is 0 Å². The SMILES string of the molecule is OC[C@H]1O[C@@H](OC[C@H]2O[C@@H](OC[C@H]3O[C@@H](OC[C@H]4O[C@@H](OC[C@H]5O[C@@H](OC[C@H]6O[C@@H](O)[C@@H](O)[C@@H](O)[C@@H]6O)[C@@H](O)[C@@H](O)[C@@H]5O)[C@@H](O)[C@@H](O)[C@@H]4O)[C@@H](O)[C@@H](O)[C@@H]3O)[C@@H](O)[C@@H](O)[C@@H]2O)[C@@H](O)[C@@H](O)[C@@H]1O. The van der Waals surface area contributed by atoms with Crippen LogP contribution in [0, 0.1) is 0 Å². The summed E-state index contributed by atoms with van der Waals surface area (Å²) in [5.41, 5.74) is 0. The number of hydrogen-bond donors (Lipinski definition) is 20. The highest BCUT2D eigenvalue weighted by atomic mass is 16.8. The molecule has 20 N–H and O–H groups in total. The van der Waals surface area contributed by atoms with E-state index in [4.69, 9.17) is 52.1 Å². The normalized spacial score (nSPS) is 53.4. The third-order valence-corrected chi connectivity index (χ3v) is 12.3. The fourth-order valence-corrected chi connectivity index (χ4v) is 7.99. The van der Waals surface area contributed by atoms with Crippen molar-refractivity contribution in [3.63, 3.8) is 0 Å². The zero-order chi connectivity index (χ0) is 49.3. The van der Waals surface area contributed by atoms with Crippen molar-refractivity contribution in [2.45, 2.75) is 184 Å². The van der Waals surface area contributed by atoms with Gasteiger partial charge in [-0.3, -0.25) is 0 Å². The zero-order valence-corrected chi connectivity index (χ0v) is 35.0. The van der Waals surface area contributed by atoms with Crippen LogP contribution in [0.4, 0.5) is 0 Å². The summed E-state index contributed by atoms with van der Waals surface area (Å²) in [6, 6.07) is 0. The minimum Gasteiger partial charge on any atom is -0.394 e. The van der Waals surface area contributed by atoms with Crippen LogP contribution in [-0.4, -0.2) is 326 Å². The minimum atomic E-state index is -2.01. The van der Waals surface area contributed by atoms with Gasteiger partial charge in [0.15, 0.2) is 37.7 Å². The van der Waals surface area contributed by atoms with E-state index in [9.17, 15) is 102 Å². The lowest BCUT2D eigenvalue weighted by molar-refractivity contribution is -0.352. The van der Waals surface area contributed by atoms with Crippen molar-refractivity contribution < 1.29 is 154 Å². The standard InChI is InChI=1S/C36H62O31/c37-1-7-13(38)20(45)26(51)32(63-7)58-3-9-15(40)22(47)28(53)34(65-9)60-5-11-17(42)24(49)30(55)36(67-11)61-6-12-18(43)23(48)29(54)35(66-12)59-4-10-16(41)21(46)27(52)33(64-10)57-2-8-14(39)19(44)25(50)31(56)62-8/h7-56H,1-6H2/t7-,8-,9-,10-,11-,12-,13-,14-,15-,16-,17-,18-,19+,20+,21+,22+,23+,24+,25+,26+,27+,28+,29+,30+,31-,32-,33-,34-,35-,36-/m1/s1. The maximum atomic E-state index is 10.7. The molecule has 392 valence electrons. The van der Waals surface area contributed by atoms with Gasteiger partial charge in [-0.15, -0.1) is 0 Å². The Morgan fingerprint density at radius 1 is 0.224 bits per heavy atom. The van der Waals surface area contributed by atoms with Crippen LogP contribution in [0.3, 0.4) is 0 Å². The molecule has 0 aromatic heterocycles. The Balaban J connectivity index is 1.01. The Labute approximate surface area is 378 Å². The van der Waals surface area contributed by atoms with Gasteiger partial charge in [0.05, 0.1) is 39.6 Å². The average molecular weight is 991 g/mol. The lowest BCUT2D eigenvalue weighted by Crippen LogP contribution is -2.63. The van der Waals surface area contributed by atoms with E-state index in [0.29, 0.717) is 0 Å². The predicted octanol–water partition coefficient (Wildman–Crippen LogP) is -14.1. The molecule has 0 radical (unpaired) electrons.